The van der Waals surface area contributed by atoms with Crippen LogP contribution >= 0.6 is 0 Å². The van der Waals surface area contributed by atoms with Crippen molar-refractivity contribution in [1.29, 1.82) is 0 Å². The number of aryl methyl sites for hydroxylation is 2. The Kier molecular flexibility index (Phi) is 10.3. The first kappa shape index (κ1) is 41.8. The molecule has 63 heavy (non-hydrogen) atoms. The molecule has 0 unspecified atom stereocenters. The zero-order valence-electron chi connectivity index (χ0n) is 35.4. The number of benzene rings is 4. The van der Waals surface area contributed by atoms with Gasteiger partial charge in [-0.05, 0) is 71.8 Å². The molecule has 2 aliphatic rings. The lowest BCUT2D eigenvalue weighted by molar-refractivity contribution is -0.117. The van der Waals surface area contributed by atoms with Crippen LogP contribution in [0, 0.1) is 13.8 Å². The third kappa shape index (κ3) is 6.34. The van der Waals surface area contributed by atoms with E-state index >= 15 is 0 Å². The molecule has 320 valence electrons. The highest BCUT2D eigenvalue weighted by Crippen LogP contribution is 2.54. The number of aromatic hydroxyl groups is 6. The lowest BCUT2D eigenvalue weighted by Crippen LogP contribution is -2.29. The molecule has 0 aliphatic carbocycles. The molecule has 17 nitrogen and oxygen atoms in total. The third-order valence-corrected chi connectivity index (χ3v) is 11.3. The molecule has 2 aliphatic heterocycles. The quantitative estimate of drug-likeness (QED) is 0.0513. The lowest BCUT2D eigenvalue weighted by atomic mass is 9.83. The van der Waals surface area contributed by atoms with Crippen LogP contribution in [0.1, 0.15) is 84.0 Å². The normalized spacial score (nSPS) is 15.3. The number of rotatable bonds is 8. The molecule has 0 fully saturated rings. The maximum Gasteiger partial charge on any atom is 0.304 e. The highest BCUT2D eigenvalue weighted by atomic mass is 16.7. The van der Waals surface area contributed by atoms with Crippen molar-refractivity contribution in [2.75, 3.05) is 24.1 Å². The predicted molar refractivity (Wildman–Crippen MR) is 239 cm³/mol. The van der Waals surface area contributed by atoms with Gasteiger partial charge in [0.05, 0.1) is 41.8 Å². The van der Waals surface area contributed by atoms with E-state index in [1.165, 1.54) is 18.2 Å². The summed E-state index contributed by atoms with van der Waals surface area (Å²) in [5, 5.41) is 89.3. The minimum Gasteiger partial charge on any atom is -0.507 e. The fourth-order valence-electron chi connectivity index (χ4n) is 8.55. The topological polar surface area (TPSA) is 246 Å². The smallest absolute Gasteiger partial charge is 0.304 e. The molecule has 0 atom stereocenters. The van der Waals surface area contributed by atoms with Crippen LogP contribution in [0.5, 0.6) is 34.5 Å². The molecule has 8 rings (SSSR count). The minimum absolute atomic E-state index is 0.00413. The van der Waals surface area contributed by atoms with Crippen LogP contribution < -0.4 is 9.96 Å². The summed E-state index contributed by atoms with van der Waals surface area (Å²) in [7, 11) is 2.86. The van der Waals surface area contributed by atoms with Crippen molar-refractivity contribution in [2.45, 2.75) is 53.4 Å². The van der Waals surface area contributed by atoms with Crippen molar-refractivity contribution >= 4 is 68.8 Å². The molecule has 6 aromatic rings. The largest absolute Gasteiger partial charge is 0.507 e. The van der Waals surface area contributed by atoms with E-state index in [0.29, 0.717) is 50.0 Å². The molecular formula is C46H42N8O9. The van der Waals surface area contributed by atoms with Gasteiger partial charge in [-0.15, -0.1) is 10.2 Å². The Morgan fingerprint density at radius 2 is 1.06 bits per heavy atom. The summed E-state index contributed by atoms with van der Waals surface area (Å²) in [6.45, 7) is 10.7. The second-order valence-corrected chi connectivity index (χ2v) is 15.8. The van der Waals surface area contributed by atoms with E-state index in [2.05, 4.69) is 30.4 Å². The van der Waals surface area contributed by atoms with E-state index in [-0.39, 0.29) is 62.1 Å². The lowest BCUT2D eigenvalue weighted by Gasteiger charge is -2.23. The molecule has 2 amide bonds. The SMILES string of the molecule is CON1C(=O)/C(=N/N=C/c2c(O)c(O)c(C(C)C)c3cc(C)c(-c4c(C)cc5c(C(C)C)c(O)c(O)c(/C=N/N=C6\C(=O)N(C)c7ncccc76)c5c4O)c(O)c23)c2cccnc21. The molecule has 0 saturated carbocycles. The van der Waals surface area contributed by atoms with E-state index in [4.69, 9.17) is 4.84 Å². The highest BCUT2D eigenvalue weighted by molar-refractivity contribution is 6.54. The number of phenols is 6. The molecule has 0 radical (unpaired) electrons. The summed E-state index contributed by atoms with van der Waals surface area (Å²) in [6, 6.07) is 9.98. The van der Waals surface area contributed by atoms with Crippen LogP contribution in [0.25, 0.3) is 32.7 Å². The van der Waals surface area contributed by atoms with Gasteiger partial charge >= 0.3 is 5.91 Å². The predicted octanol–water partition coefficient (Wildman–Crippen LogP) is 7.08. The molecule has 6 N–H and O–H groups in total. The first-order valence-electron chi connectivity index (χ1n) is 19.8. The first-order chi connectivity index (χ1) is 30.0. The number of hydrogen-bond donors (Lipinski definition) is 6. The van der Waals surface area contributed by atoms with Gasteiger partial charge in [0.15, 0.2) is 40.2 Å². The fraction of sp³-hybridized carbons (Fsp3) is 0.217. The average molecular weight is 851 g/mol. The molecule has 0 bridgehead atoms. The number of likely N-dealkylation sites (N-methyl/N-ethyl adjacent to an activating group) is 1. The molecular weight excluding hydrogens is 809 g/mol. The fourth-order valence-corrected chi connectivity index (χ4v) is 8.55. The number of carbonyl (C=O) groups is 2. The van der Waals surface area contributed by atoms with Crippen molar-refractivity contribution in [2.24, 2.45) is 20.4 Å². The van der Waals surface area contributed by atoms with Crippen LogP contribution in [-0.4, -0.2) is 90.4 Å². The molecule has 4 aromatic carbocycles. The number of nitrogens with zero attached hydrogens (tertiary/aromatic N) is 8. The number of fused-ring (bicyclic) bond motifs is 4. The third-order valence-electron chi connectivity index (χ3n) is 11.3. The van der Waals surface area contributed by atoms with E-state index in [1.54, 1.807) is 63.5 Å². The van der Waals surface area contributed by atoms with Crippen LogP contribution in [0.4, 0.5) is 11.6 Å². The van der Waals surface area contributed by atoms with Crippen molar-refractivity contribution in [3.8, 4) is 45.6 Å². The molecule has 2 aromatic heterocycles. The summed E-state index contributed by atoms with van der Waals surface area (Å²) in [5.74, 6) is -4.12. The number of amides is 2. The van der Waals surface area contributed by atoms with Gasteiger partial charge in [-0.25, -0.2) is 9.97 Å². The molecule has 0 saturated heterocycles. The van der Waals surface area contributed by atoms with Crippen LogP contribution in [0.2, 0.25) is 0 Å². The number of hydroxylamine groups is 1. The number of phenolic OH excluding ortho intramolecular Hbond substituents is 6. The van der Waals surface area contributed by atoms with Gasteiger partial charge < -0.3 is 30.6 Å². The minimum atomic E-state index is -0.641. The maximum atomic E-state index is 13.2. The van der Waals surface area contributed by atoms with Gasteiger partial charge in [-0.3, -0.25) is 19.3 Å². The Bertz CT molecular complexity index is 3120. The van der Waals surface area contributed by atoms with Gasteiger partial charge in [-0.1, -0.05) is 39.8 Å². The van der Waals surface area contributed by atoms with E-state index in [0.717, 1.165) is 17.5 Å². The molecule has 4 heterocycles. The Morgan fingerprint density at radius 3 is 1.51 bits per heavy atom. The first-order valence-corrected chi connectivity index (χ1v) is 19.8. The van der Waals surface area contributed by atoms with Gasteiger partial charge in [0.25, 0.3) is 5.91 Å². The van der Waals surface area contributed by atoms with Crippen LogP contribution in [0.3, 0.4) is 0 Å². The number of pyridine rings is 2. The summed E-state index contributed by atoms with van der Waals surface area (Å²) in [6.07, 6.45) is 5.26. The van der Waals surface area contributed by atoms with Gasteiger partial charge in [0.2, 0.25) is 0 Å². The van der Waals surface area contributed by atoms with Crippen molar-refractivity contribution in [1.82, 2.24) is 9.97 Å². The second-order valence-electron chi connectivity index (χ2n) is 15.8. The summed E-state index contributed by atoms with van der Waals surface area (Å²) in [4.78, 5) is 41.3. The van der Waals surface area contributed by atoms with Gasteiger partial charge in [0.1, 0.15) is 17.3 Å². The zero-order valence-corrected chi connectivity index (χ0v) is 35.4. The van der Waals surface area contributed by atoms with E-state index < -0.39 is 46.3 Å². The van der Waals surface area contributed by atoms with E-state index in [9.17, 15) is 40.2 Å². The van der Waals surface area contributed by atoms with Crippen LogP contribution in [-0.2, 0) is 14.4 Å². The van der Waals surface area contributed by atoms with Crippen LogP contribution in [0.15, 0.2) is 69.2 Å². The molecule has 17 heteroatoms. The monoisotopic (exact) mass is 850 g/mol. The Balaban J connectivity index is 1.37. The molecule has 0 spiro atoms. The number of carbonyl (C=O) groups excluding carboxylic acids is 2. The summed E-state index contributed by atoms with van der Waals surface area (Å²) >= 11 is 0. The highest BCUT2D eigenvalue weighted by Gasteiger charge is 2.37. The Hall–Kier alpha value is -7.92. The van der Waals surface area contributed by atoms with Gasteiger partial charge in [-0.2, -0.15) is 15.3 Å². The van der Waals surface area contributed by atoms with E-state index in [1.807, 2.05) is 27.7 Å². The second kappa shape index (κ2) is 15.5. The summed E-state index contributed by atoms with van der Waals surface area (Å²) < 4.78 is 0. The van der Waals surface area contributed by atoms with Gasteiger partial charge in [0, 0.05) is 52.5 Å². The zero-order chi connectivity index (χ0) is 45.3. The van der Waals surface area contributed by atoms with Crippen molar-refractivity contribution < 1.29 is 45.1 Å². The number of hydrogen-bond acceptors (Lipinski definition) is 15. The Morgan fingerprint density at radius 1 is 0.635 bits per heavy atom. The number of aromatic nitrogens is 2. The number of anilines is 2. The maximum absolute atomic E-state index is 13.2. The van der Waals surface area contributed by atoms with Crippen molar-refractivity contribution in [3.63, 3.8) is 0 Å². The average Bonchev–Trinajstić information content (AvgIpc) is 3.65. The summed E-state index contributed by atoms with van der Waals surface area (Å²) in [5.41, 5.74) is 2.24. The van der Waals surface area contributed by atoms with Crippen molar-refractivity contribution in [3.05, 3.63) is 93.3 Å². The Labute approximate surface area is 359 Å². The standard InChI is InChI=1S/C46H42N8O9/c1-19(2)29-25-15-21(5)31(39(57)33(25)27(37(55)41(29)59)17-49-51-35-23-11-9-13-47-43(23)53(7)45(35)61)32-22(6)16-26-30(20(3)4)42(60)38(56)28(34(26)40(32)58)18-50-52-36-24-12-10-14-48-44(24)54(63-8)46(36)62/h9-20,55-60H,1-8H3/b49-17+,50-18+,51-35-,52-36+.